The molecule has 1 aliphatic carbocycles. The van der Waals surface area contributed by atoms with Crippen LogP contribution in [0.25, 0.3) is 0 Å². The molecule has 338 valence electrons. The average molecular weight is 892 g/mol. The number of fused-ring (bicyclic) bond motifs is 4. The number of primary amides is 1. The Morgan fingerprint density at radius 2 is 1.39 bits per heavy atom. The molecule has 18 heteroatoms. The second kappa shape index (κ2) is 16.4. The molecule has 6 aliphatic heterocycles. The van der Waals surface area contributed by atoms with E-state index < -0.39 is 35.6 Å². The number of carbonyl (C=O) groups excluding carboxylic acids is 7. The number of nitrogens with zero attached hydrogens (tertiary/aromatic N) is 8. The normalized spacial score (nSPS) is 24.7. The van der Waals surface area contributed by atoms with E-state index in [1.54, 1.807) is 36.4 Å². The van der Waals surface area contributed by atoms with Crippen molar-refractivity contribution in [2.24, 2.45) is 17.6 Å². The summed E-state index contributed by atoms with van der Waals surface area (Å²) in [5, 5.41) is 14.0. The molecule has 4 atom stereocenters. The maximum absolute atomic E-state index is 13.4. The van der Waals surface area contributed by atoms with E-state index in [9.17, 15) is 33.6 Å². The third-order valence-electron chi connectivity index (χ3n) is 14.9. The number of nitrogens with one attached hydrogen (secondary N) is 2. The molecule has 7 amide bonds. The minimum Gasteiger partial charge on any atom is -0.371 e. The Kier molecular flexibility index (Phi) is 10.3. The Hall–Kier alpha value is -7.08. The summed E-state index contributed by atoms with van der Waals surface area (Å²) in [4.78, 5) is 104. The van der Waals surface area contributed by atoms with Gasteiger partial charge in [0.15, 0.2) is 11.5 Å². The van der Waals surface area contributed by atoms with E-state index in [1.165, 1.54) is 10.5 Å². The molecule has 7 aliphatic rings. The SMILES string of the molecule is NC(=O)c1nnc(N2CC3CC(N4C(=O)c5ccccc5C4=O)C2C3)nc1Nc1ccc(C2CCN(CC3CCN(c4ccc5c(c4)C(=O)N(C4CCC(=O)NC4=O)C5=O)CC3)CC2)cc1. The lowest BCUT2D eigenvalue weighted by molar-refractivity contribution is -0.136. The fraction of sp³-hybridized carbons (Fsp3) is 0.417. The Labute approximate surface area is 379 Å². The summed E-state index contributed by atoms with van der Waals surface area (Å²) in [5.74, 6) is -1.61. The van der Waals surface area contributed by atoms with Crippen LogP contribution >= 0.6 is 0 Å². The van der Waals surface area contributed by atoms with Crippen LogP contribution in [-0.4, -0.2) is 129 Å². The van der Waals surface area contributed by atoms with Crippen molar-refractivity contribution in [3.8, 4) is 0 Å². The van der Waals surface area contributed by atoms with Gasteiger partial charge in [-0.3, -0.25) is 48.7 Å². The summed E-state index contributed by atoms with van der Waals surface area (Å²) in [6.45, 7) is 5.35. The average Bonchev–Trinajstić information content (AvgIpc) is 4.06. The molecule has 0 radical (unpaired) electrons. The second-order valence-corrected chi connectivity index (χ2v) is 18.8. The van der Waals surface area contributed by atoms with Crippen LogP contribution in [0.4, 0.5) is 23.1 Å². The van der Waals surface area contributed by atoms with Gasteiger partial charge in [0.25, 0.3) is 29.5 Å². The van der Waals surface area contributed by atoms with Crippen LogP contribution < -0.4 is 26.2 Å². The summed E-state index contributed by atoms with van der Waals surface area (Å²) in [6, 6.07) is 18.9. The van der Waals surface area contributed by atoms with E-state index in [0.717, 1.165) is 81.1 Å². The van der Waals surface area contributed by atoms with E-state index in [0.29, 0.717) is 47.4 Å². The van der Waals surface area contributed by atoms with Crippen LogP contribution in [0.15, 0.2) is 66.7 Å². The molecular weight excluding hydrogens is 843 g/mol. The smallest absolute Gasteiger partial charge is 0.273 e. The van der Waals surface area contributed by atoms with Gasteiger partial charge in [-0.15, -0.1) is 10.2 Å². The highest BCUT2D eigenvalue weighted by atomic mass is 16.2. The van der Waals surface area contributed by atoms with E-state index in [2.05, 4.69) is 42.8 Å². The van der Waals surface area contributed by atoms with Gasteiger partial charge in [-0.05, 0) is 124 Å². The van der Waals surface area contributed by atoms with Crippen molar-refractivity contribution in [2.75, 3.05) is 54.4 Å². The molecule has 7 heterocycles. The molecule has 2 bridgehead atoms. The topological polar surface area (TPSA) is 224 Å². The highest BCUT2D eigenvalue weighted by Gasteiger charge is 2.53. The Morgan fingerprint density at radius 1 is 0.727 bits per heavy atom. The number of benzene rings is 3. The number of amides is 7. The zero-order chi connectivity index (χ0) is 45.4. The van der Waals surface area contributed by atoms with Crippen LogP contribution in [0.5, 0.6) is 0 Å². The van der Waals surface area contributed by atoms with Crippen LogP contribution in [0.2, 0.25) is 0 Å². The number of rotatable bonds is 10. The number of aromatic nitrogens is 3. The second-order valence-electron chi connectivity index (χ2n) is 18.8. The predicted octanol–water partition coefficient (Wildman–Crippen LogP) is 3.47. The highest BCUT2D eigenvalue weighted by Crippen LogP contribution is 2.44. The Morgan fingerprint density at radius 3 is 2.08 bits per heavy atom. The minimum absolute atomic E-state index is 0.0837. The van der Waals surface area contributed by atoms with Crippen LogP contribution in [-0.2, 0) is 9.59 Å². The monoisotopic (exact) mass is 891 g/mol. The number of hydrogen-bond acceptors (Lipinski definition) is 14. The predicted molar refractivity (Wildman–Crippen MR) is 239 cm³/mol. The van der Waals surface area contributed by atoms with Gasteiger partial charge in [-0.2, -0.15) is 4.98 Å². The lowest BCUT2D eigenvalue weighted by atomic mass is 9.88. The Balaban J connectivity index is 0.676. The quantitative estimate of drug-likeness (QED) is 0.194. The van der Waals surface area contributed by atoms with E-state index in [1.807, 2.05) is 23.1 Å². The first-order chi connectivity index (χ1) is 32.0. The summed E-state index contributed by atoms with van der Waals surface area (Å²) in [6.07, 6.45) is 5.80. The van der Waals surface area contributed by atoms with Gasteiger partial charge >= 0.3 is 0 Å². The van der Waals surface area contributed by atoms with Crippen molar-refractivity contribution in [3.05, 3.63) is 100 Å². The van der Waals surface area contributed by atoms with Crippen LogP contribution in [0.3, 0.4) is 0 Å². The van der Waals surface area contributed by atoms with Gasteiger partial charge in [0.05, 0.1) is 34.3 Å². The van der Waals surface area contributed by atoms with Crippen molar-refractivity contribution in [1.29, 1.82) is 0 Å². The number of nitrogens with two attached hydrogens (primary N) is 1. The number of hydrogen-bond donors (Lipinski definition) is 3. The van der Waals surface area contributed by atoms with Gasteiger partial charge in [0.2, 0.25) is 17.8 Å². The molecule has 0 spiro atoms. The van der Waals surface area contributed by atoms with E-state index in [4.69, 9.17) is 10.7 Å². The third-order valence-corrected chi connectivity index (χ3v) is 14.9. The van der Waals surface area contributed by atoms with Crippen molar-refractivity contribution >= 4 is 64.5 Å². The van der Waals surface area contributed by atoms with Crippen molar-refractivity contribution in [1.82, 2.24) is 35.2 Å². The molecule has 4 saturated heterocycles. The van der Waals surface area contributed by atoms with Gasteiger partial charge in [0, 0.05) is 44.0 Å². The zero-order valence-electron chi connectivity index (χ0n) is 36.2. The molecule has 18 nitrogen and oxygen atoms in total. The molecule has 5 fully saturated rings. The fourth-order valence-corrected chi connectivity index (χ4v) is 11.5. The van der Waals surface area contributed by atoms with Crippen LogP contribution in [0.1, 0.15) is 115 Å². The number of imide groups is 3. The standard InChI is InChI=1S/C48H49N11O7/c49-41(61)40-42(52-48(54-53-40)57-25-27-21-37(57)38(22-27)59-44(63)32-3-1-2-4-33(32)45(59)64)50-30-7-5-28(6-8-30)29-15-17-55(18-16-29)24-26-13-19-56(20-14-26)31-9-10-34-35(23-31)47(66)58(46(34)65)36-11-12-39(60)51-43(36)62/h1-10,23,26-27,29,36-38H,11-22,24-25H2,(H2,49,61)(H,50,52,54)(H,51,60,62). The zero-order valence-corrected chi connectivity index (χ0v) is 36.2. The van der Waals surface area contributed by atoms with Crippen molar-refractivity contribution in [3.63, 3.8) is 0 Å². The van der Waals surface area contributed by atoms with Gasteiger partial charge in [-0.1, -0.05) is 24.3 Å². The largest absolute Gasteiger partial charge is 0.371 e. The molecular formula is C48H49N11O7. The number of anilines is 4. The van der Waals surface area contributed by atoms with E-state index in [-0.39, 0.29) is 59.7 Å². The maximum atomic E-state index is 13.4. The molecule has 4 aromatic rings. The number of likely N-dealkylation sites (tertiary alicyclic amines) is 1. The number of carbonyl (C=O) groups is 7. The molecule has 4 N–H and O–H groups in total. The molecule has 1 saturated carbocycles. The lowest BCUT2D eigenvalue weighted by Gasteiger charge is -2.38. The fourth-order valence-electron chi connectivity index (χ4n) is 11.5. The van der Waals surface area contributed by atoms with Crippen molar-refractivity contribution in [2.45, 2.75) is 75.4 Å². The summed E-state index contributed by atoms with van der Waals surface area (Å²) in [7, 11) is 0. The molecule has 11 rings (SSSR count). The van der Waals surface area contributed by atoms with Crippen molar-refractivity contribution < 1.29 is 33.6 Å². The summed E-state index contributed by atoms with van der Waals surface area (Å²) in [5.41, 5.74) is 9.93. The molecule has 66 heavy (non-hydrogen) atoms. The Bertz CT molecular complexity index is 2680. The first-order valence-corrected chi connectivity index (χ1v) is 23.0. The third kappa shape index (κ3) is 7.23. The van der Waals surface area contributed by atoms with E-state index >= 15 is 0 Å². The number of piperidine rings is 4. The molecule has 4 unspecified atom stereocenters. The maximum Gasteiger partial charge on any atom is 0.273 e. The lowest BCUT2D eigenvalue weighted by Crippen LogP contribution is -2.54. The molecule has 3 aromatic carbocycles. The first-order valence-electron chi connectivity index (χ1n) is 23.0. The van der Waals surface area contributed by atoms with Gasteiger partial charge < -0.3 is 25.8 Å². The van der Waals surface area contributed by atoms with Gasteiger partial charge in [0.1, 0.15) is 6.04 Å². The van der Waals surface area contributed by atoms with Gasteiger partial charge in [-0.25, -0.2) is 0 Å². The molecule has 1 aromatic heterocycles. The summed E-state index contributed by atoms with van der Waals surface area (Å²) >= 11 is 0. The van der Waals surface area contributed by atoms with Crippen LogP contribution in [0, 0.1) is 11.8 Å². The first kappa shape index (κ1) is 41.6. The minimum atomic E-state index is -0.983. The highest BCUT2D eigenvalue weighted by molar-refractivity contribution is 6.24. The summed E-state index contributed by atoms with van der Waals surface area (Å²) < 4.78 is 0.